The minimum absolute atomic E-state index is 0.288. The third-order valence-corrected chi connectivity index (χ3v) is 6.12. The van der Waals surface area contributed by atoms with Gasteiger partial charge in [-0.15, -0.1) is 0 Å². The Labute approximate surface area is 185 Å². The van der Waals surface area contributed by atoms with Gasteiger partial charge in [0, 0.05) is 17.5 Å². The Morgan fingerprint density at radius 3 is 2.37 bits per heavy atom. The first-order valence-electron chi connectivity index (χ1n) is 10.8. The van der Waals surface area contributed by atoms with Crippen molar-refractivity contribution in [2.24, 2.45) is 5.92 Å². The van der Waals surface area contributed by atoms with Crippen LogP contribution in [0.25, 0.3) is 0 Å². The van der Waals surface area contributed by atoms with Crippen LogP contribution in [0.15, 0.2) is 48.5 Å². The maximum Gasteiger partial charge on any atom is 0.350 e. The zero-order valence-electron chi connectivity index (χ0n) is 18.2. The first-order valence-corrected chi connectivity index (χ1v) is 11.1. The van der Waals surface area contributed by atoms with Gasteiger partial charge in [-0.05, 0) is 81.6 Å². The summed E-state index contributed by atoms with van der Waals surface area (Å²) in [7, 11) is 2.11. The van der Waals surface area contributed by atoms with E-state index in [0.717, 1.165) is 37.4 Å². The molecule has 2 atom stereocenters. The monoisotopic (exact) mass is 429 g/mol. The van der Waals surface area contributed by atoms with Gasteiger partial charge in [0.15, 0.2) is 0 Å². The molecular weight excluding hydrogens is 398 g/mol. The summed E-state index contributed by atoms with van der Waals surface area (Å²) in [6.45, 7) is 6.32. The number of halogens is 1. The van der Waals surface area contributed by atoms with Crippen LogP contribution in [-0.4, -0.2) is 43.2 Å². The van der Waals surface area contributed by atoms with Gasteiger partial charge in [0.05, 0.1) is 6.61 Å². The molecule has 3 rings (SSSR count). The molecule has 0 aliphatic carbocycles. The van der Waals surface area contributed by atoms with E-state index in [4.69, 9.17) is 21.1 Å². The Balaban J connectivity index is 1.56. The molecule has 0 saturated carbocycles. The summed E-state index contributed by atoms with van der Waals surface area (Å²) in [4.78, 5) is 15.1. The molecule has 162 valence electrons. The quantitative estimate of drug-likeness (QED) is 0.529. The van der Waals surface area contributed by atoms with E-state index in [2.05, 4.69) is 11.9 Å². The Morgan fingerprint density at radius 2 is 1.77 bits per heavy atom. The molecule has 2 unspecified atom stereocenters. The highest BCUT2D eigenvalue weighted by atomic mass is 35.5. The summed E-state index contributed by atoms with van der Waals surface area (Å²) in [6.07, 6.45) is 3.63. The third kappa shape index (κ3) is 6.23. The standard InChI is InChI=1S/C25H32ClNO3/c1-4-25(2,24(28)29-18-21-6-5-15-27(3)17-21)30-23-13-9-20(10-14-23)16-19-7-11-22(26)12-8-19/h7-14,21H,4-6,15-18H2,1-3H3. The van der Waals surface area contributed by atoms with Crippen LogP contribution in [0.3, 0.4) is 0 Å². The van der Waals surface area contributed by atoms with Gasteiger partial charge >= 0.3 is 5.97 Å². The molecule has 2 aromatic rings. The average Bonchev–Trinajstić information content (AvgIpc) is 2.75. The summed E-state index contributed by atoms with van der Waals surface area (Å²) < 4.78 is 11.8. The molecule has 1 fully saturated rings. The molecule has 2 aromatic carbocycles. The van der Waals surface area contributed by atoms with E-state index in [1.807, 2.05) is 62.4 Å². The predicted molar refractivity (Wildman–Crippen MR) is 121 cm³/mol. The van der Waals surface area contributed by atoms with Crippen LogP contribution in [0.1, 0.15) is 44.2 Å². The molecule has 30 heavy (non-hydrogen) atoms. The Hall–Kier alpha value is -2.04. The zero-order valence-corrected chi connectivity index (χ0v) is 19.0. The number of carbonyl (C=O) groups excluding carboxylic acids is 1. The number of likely N-dealkylation sites (tertiary alicyclic amines) is 1. The van der Waals surface area contributed by atoms with E-state index in [1.54, 1.807) is 0 Å². The fourth-order valence-electron chi connectivity index (χ4n) is 3.79. The van der Waals surface area contributed by atoms with Gasteiger partial charge in [-0.3, -0.25) is 0 Å². The van der Waals surface area contributed by atoms with Crippen LogP contribution in [0, 0.1) is 5.92 Å². The second kappa shape index (κ2) is 10.3. The number of ether oxygens (including phenoxy) is 2. The summed E-state index contributed by atoms with van der Waals surface area (Å²) in [5.74, 6) is 0.790. The maximum absolute atomic E-state index is 12.8. The molecule has 0 amide bonds. The van der Waals surface area contributed by atoms with Crippen molar-refractivity contribution in [2.75, 3.05) is 26.7 Å². The average molecular weight is 430 g/mol. The van der Waals surface area contributed by atoms with E-state index >= 15 is 0 Å². The molecule has 0 radical (unpaired) electrons. The van der Waals surface area contributed by atoms with Crippen molar-refractivity contribution in [1.29, 1.82) is 0 Å². The largest absolute Gasteiger partial charge is 0.476 e. The van der Waals surface area contributed by atoms with Crippen molar-refractivity contribution in [3.63, 3.8) is 0 Å². The van der Waals surface area contributed by atoms with Crippen LogP contribution in [0.5, 0.6) is 5.75 Å². The minimum atomic E-state index is -0.988. The van der Waals surface area contributed by atoms with E-state index in [1.165, 1.54) is 11.1 Å². The molecule has 0 N–H and O–H groups in total. The van der Waals surface area contributed by atoms with Crippen LogP contribution in [-0.2, 0) is 16.0 Å². The molecular formula is C25H32ClNO3. The number of hydrogen-bond acceptors (Lipinski definition) is 4. The van der Waals surface area contributed by atoms with Gasteiger partial charge < -0.3 is 14.4 Å². The lowest BCUT2D eigenvalue weighted by molar-refractivity contribution is -0.163. The summed E-state index contributed by atoms with van der Waals surface area (Å²) in [6, 6.07) is 15.8. The lowest BCUT2D eigenvalue weighted by Crippen LogP contribution is -2.44. The van der Waals surface area contributed by atoms with Gasteiger partial charge in [-0.2, -0.15) is 0 Å². The van der Waals surface area contributed by atoms with E-state index in [9.17, 15) is 4.79 Å². The highest BCUT2D eigenvalue weighted by molar-refractivity contribution is 6.30. The number of rotatable bonds is 8. The van der Waals surface area contributed by atoms with Gasteiger partial charge in [-0.1, -0.05) is 42.8 Å². The van der Waals surface area contributed by atoms with Crippen molar-refractivity contribution in [3.8, 4) is 5.75 Å². The SMILES string of the molecule is CCC(C)(Oc1ccc(Cc2ccc(Cl)cc2)cc1)C(=O)OCC1CCCN(C)C1. The van der Waals surface area contributed by atoms with Gasteiger partial charge in [0.25, 0.3) is 0 Å². The summed E-state index contributed by atoms with van der Waals surface area (Å²) in [5, 5.41) is 0.740. The number of hydrogen-bond donors (Lipinski definition) is 0. The lowest BCUT2D eigenvalue weighted by Gasteiger charge is -2.31. The third-order valence-electron chi connectivity index (χ3n) is 5.87. The van der Waals surface area contributed by atoms with Crippen molar-refractivity contribution < 1.29 is 14.3 Å². The van der Waals surface area contributed by atoms with Crippen molar-refractivity contribution in [2.45, 2.75) is 45.1 Å². The van der Waals surface area contributed by atoms with E-state index < -0.39 is 5.60 Å². The first kappa shape index (κ1) is 22.6. The molecule has 1 aliphatic rings. The number of piperidine rings is 1. The molecule has 0 spiro atoms. The predicted octanol–water partition coefficient (Wildman–Crippen LogP) is 5.36. The topological polar surface area (TPSA) is 38.8 Å². The molecule has 0 aromatic heterocycles. The zero-order chi connectivity index (χ0) is 21.6. The van der Waals surface area contributed by atoms with Crippen LogP contribution in [0.2, 0.25) is 5.02 Å². The smallest absolute Gasteiger partial charge is 0.350 e. The number of esters is 1. The second-order valence-corrected chi connectivity index (χ2v) is 8.94. The molecule has 4 nitrogen and oxygen atoms in total. The van der Waals surface area contributed by atoms with Gasteiger partial charge in [0.1, 0.15) is 5.75 Å². The van der Waals surface area contributed by atoms with E-state index in [-0.39, 0.29) is 5.97 Å². The van der Waals surface area contributed by atoms with Gasteiger partial charge in [0.2, 0.25) is 5.60 Å². The number of nitrogens with zero attached hydrogens (tertiary/aromatic N) is 1. The van der Waals surface area contributed by atoms with Crippen molar-refractivity contribution in [3.05, 3.63) is 64.7 Å². The number of carbonyl (C=O) groups is 1. The van der Waals surface area contributed by atoms with E-state index in [0.29, 0.717) is 24.7 Å². The molecule has 0 bridgehead atoms. The fourth-order valence-corrected chi connectivity index (χ4v) is 3.91. The molecule has 1 aliphatic heterocycles. The van der Waals surface area contributed by atoms with Crippen LogP contribution >= 0.6 is 11.6 Å². The second-order valence-electron chi connectivity index (χ2n) is 8.50. The normalized spacial score (nSPS) is 19.1. The highest BCUT2D eigenvalue weighted by Crippen LogP contribution is 2.25. The minimum Gasteiger partial charge on any atom is -0.476 e. The maximum atomic E-state index is 12.8. The Bertz CT molecular complexity index is 821. The summed E-state index contributed by atoms with van der Waals surface area (Å²) >= 11 is 5.95. The molecule has 1 saturated heterocycles. The van der Waals surface area contributed by atoms with Crippen molar-refractivity contribution in [1.82, 2.24) is 4.90 Å². The van der Waals surface area contributed by atoms with Crippen molar-refractivity contribution >= 4 is 17.6 Å². The Morgan fingerprint density at radius 1 is 1.13 bits per heavy atom. The van der Waals surface area contributed by atoms with Crippen LogP contribution in [0.4, 0.5) is 0 Å². The summed E-state index contributed by atoms with van der Waals surface area (Å²) in [5.41, 5.74) is 1.38. The Kier molecular flexibility index (Phi) is 7.79. The molecule has 1 heterocycles. The van der Waals surface area contributed by atoms with Crippen LogP contribution < -0.4 is 4.74 Å². The molecule has 5 heteroatoms. The fraction of sp³-hybridized carbons (Fsp3) is 0.480. The number of benzene rings is 2. The first-order chi connectivity index (χ1) is 14.4. The lowest BCUT2D eigenvalue weighted by atomic mass is 9.99. The van der Waals surface area contributed by atoms with Gasteiger partial charge in [-0.25, -0.2) is 4.79 Å². The highest BCUT2D eigenvalue weighted by Gasteiger charge is 2.36.